The molecule has 0 bridgehead atoms. The van der Waals surface area contributed by atoms with Crippen LogP contribution in [0.1, 0.15) is 44.6 Å². The fraction of sp³-hybridized carbons (Fsp3) is 0.652. The Morgan fingerprint density at radius 3 is 2.72 bits per heavy atom. The highest BCUT2D eigenvalue weighted by atomic mass is 16.7. The van der Waals surface area contributed by atoms with Crippen molar-refractivity contribution in [1.29, 1.82) is 0 Å². The Morgan fingerprint density at radius 1 is 1.17 bits per heavy atom. The van der Waals surface area contributed by atoms with E-state index in [0.717, 1.165) is 31.4 Å². The second-order valence-corrected chi connectivity index (χ2v) is 7.96. The summed E-state index contributed by atoms with van der Waals surface area (Å²) in [6.07, 6.45) is 3.95. The molecule has 0 amide bonds. The minimum absolute atomic E-state index is 0.00545. The van der Waals surface area contributed by atoms with E-state index < -0.39 is 0 Å². The van der Waals surface area contributed by atoms with Gasteiger partial charge >= 0.3 is 5.97 Å². The smallest absolute Gasteiger partial charge is 0.302 e. The van der Waals surface area contributed by atoms with Gasteiger partial charge in [0.05, 0.1) is 19.8 Å². The molecule has 1 aromatic rings. The first-order valence-electron chi connectivity index (χ1n) is 10.6. The largest absolute Gasteiger partial charge is 0.466 e. The van der Waals surface area contributed by atoms with Crippen molar-refractivity contribution in [3.8, 4) is 0 Å². The summed E-state index contributed by atoms with van der Waals surface area (Å²) in [6.45, 7) is 3.89. The lowest BCUT2D eigenvalue weighted by Crippen LogP contribution is -2.31. The van der Waals surface area contributed by atoms with Gasteiger partial charge in [0.2, 0.25) is 0 Å². The highest BCUT2D eigenvalue weighted by Gasteiger charge is 2.43. The van der Waals surface area contributed by atoms with Gasteiger partial charge in [-0.05, 0) is 37.2 Å². The Balaban J connectivity index is 1.52. The molecule has 1 unspecified atom stereocenters. The van der Waals surface area contributed by atoms with Gasteiger partial charge in [-0.3, -0.25) is 9.59 Å². The zero-order valence-electron chi connectivity index (χ0n) is 17.2. The minimum Gasteiger partial charge on any atom is -0.466 e. The molecule has 29 heavy (non-hydrogen) atoms. The van der Waals surface area contributed by atoms with Crippen molar-refractivity contribution in [2.24, 2.45) is 17.8 Å². The molecule has 3 rings (SSSR count). The molecule has 1 saturated carbocycles. The van der Waals surface area contributed by atoms with Gasteiger partial charge < -0.3 is 18.9 Å². The summed E-state index contributed by atoms with van der Waals surface area (Å²) in [5, 5.41) is 0. The monoisotopic (exact) mass is 404 g/mol. The molecule has 1 aromatic carbocycles. The van der Waals surface area contributed by atoms with Crippen LogP contribution in [-0.4, -0.2) is 44.5 Å². The van der Waals surface area contributed by atoms with E-state index in [1.807, 2.05) is 30.3 Å². The van der Waals surface area contributed by atoms with E-state index >= 15 is 0 Å². The van der Waals surface area contributed by atoms with Crippen molar-refractivity contribution in [2.45, 2.75) is 51.9 Å². The predicted octanol–water partition coefficient (Wildman–Crippen LogP) is 3.52. The average Bonchev–Trinajstić information content (AvgIpc) is 3.04. The molecule has 0 aromatic heterocycles. The number of carbonyl (C=O) groups is 2. The number of carbonyl (C=O) groups excluding carboxylic acids is 2. The molecule has 6 nitrogen and oxygen atoms in total. The van der Waals surface area contributed by atoms with Crippen molar-refractivity contribution in [3.63, 3.8) is 0 Å². The van der Waals surface area contributed by atoms with Crippen molar-refractivity contribution in [3.05, 3.63) is 35.9 Å². The van der Waals surface area contributed by atoms with Crippen LogP contribution in [0.5, 0.6) is 0 Å². The molecule has 4 atom stereocenters. The van der Waals surface area contributed by atoms with E-state index in [0.29, 0.717) is 32.7 Å². The zero-order valence-corrected chi connectivity index (χ0v) is 17.2. The van der Waals surface area contributed by atoms with Crippen molar-refractivity contribution < 1.29 is 28.5 Å². The lowest BCUT2D eigenvalue weighted by atomic mass is 9.88. The summed E-state index contributed by atoms with van der Waals surface area (Å²) in [7, 11) is 0. The van der Waals surface area contributed by atoms with Crippen LogP contribution in [0.3, 0.4) is 0 Å². The van der Waals surface area contributed by atoms with Crippen molar-refractivity contribution >= 4 is 11.8 Å². The standard InChI is InChI=1S/C23H32O6/c1-17(24)28-15-19-13-22(25)20(10-12-26-14-18-7-3-2-4-8-18)21(19)16-29-23-9-5-6-11-27-23/h2-4,7-8,19-21,23H,5-6,9-16H2,1H3/t19-,20+,21-,23?/m1/s1. The van der Waals surface area contributed by atoms with Gasteiger partial charge in [-0.15, -0.1) is 0 Å². The third-order valence-electron chi connectivity index (χ3n) is 5.80. The highest BCUT2D eigenvalue weighted by molar-refractivity contribution is 5.84. The first kappa shape index (κ1) is 21.9. The Morgan fingerprint density at radius 2 is 2.00 bits per heavy atom. The SMILES string of the molecule is CC(=O)OC[C@H]1CC(=O)[C@@H](CCOCc2ccccc2)[C@@H]1COC1CCCCO1. The Kier molecular flexibility index (Phi) is 8.65. The van der Waals surface area contributed by atoms with E-state index in [9.17, 15) is 9.59 Å². The van der Waals surface area contributed by atoms with Crippen LogP contribution in [0.4, 0.5) is 0 Å². The first-order valence-corrected chi connectivity index (χ1v) is 10.6. The third kappa shape index (κ3) is 6.91. The molecule has 0 spiro atoms. The Hall–Kier alpha value is -1.76. The van der Waals surface area contributed by atoms with E-state index in [2.05, 4.69) is 0 Å². The van der Waals surface area contributed by atoms with E-state index in [-0.39, 0.29) is 42.4 Å². The van der Waals surface area contributed by atoms with Gasteiger partial charge in [0.25, 0.3) is 0 Å². The number of rotatable bonds is 10. The number of hydrogen-bond acceptors (Lipinski definition) is 6. The van der Waals surface area contributed by atoms with Gasteiger partial charge in [-0.25, -0.2) is 0 Å². The molecule has 2 aliphatic rings. The van der Waals surface area contributed by atoms with Crippen molar-refractivity contribution in [1.82, 2.24) is 0 Å². The lowest BCUT2D eigenvalue weighted by Gasteiger charge is -2.28. The molecule has 0 N–H and O–H groups in total. The normalized spacial score (nSPS) is 27.1. The number of Topliss-reactive ketones (excluding diaryl/α,β-unsaturated/α-hetero) is 1. The van der Waals surface area contributed by atoms with Crippen molar-refractivity contribution in [2.75, 3.05) is 26.4 Å². The second-order valence-electron chi connectivity index (χ2n) is 7.96. The summed E-state index contributed by atoms with van der Waals surface area (Å²) in [6, 6.07) is 10.00. The molecular formula is C23H32O6. The Bertz CT molecular complexity index is 640. The van der Waals surface area contributed by atoms with Crippen LogP contribution in [0, 0.1) is 17.8 Å². The molecule has 1 saturated heterocycles. The average molecular weight is 405 g/mol. The summed E-state index contributed by atoms with van der Waals surface area (Å²) in [5.41, 5.74) is 1.12. The maximum atomic E-state index is 12.7. The van der Waals surface area contributed by atoms with Crippen LogP contribution < -0.4 is 0 Å². The lowest BCUT2D eigenvalue weighted by molar-refractivity contribution is -0.175. The van der Waals surface area contributed by atoms with E-state index in [1.54, 1.807) is 0 Å². The van der Waals surface area contributed by atoms with Crippen LogP contribution in [-0.2, 0) is 35.1 Å². The second kappa shape index (κ2) is 11.4. The molecular weight excluding hydrogens is 372 g/mol. The van der Waals surface area contributed by atoms with Gasteiger partial charge in [-0.1, -0.05) is 30.3 Å². The van der Waals surface area contributed by atoms with Gasteiger partial charge in [0.1, 0.15) is 5.78 Å². The quantitative estimate of drug-likeness (QED) is 0.439. The number of esters is 1. The minimum atomic E-state index is -0.317. The van der Waals surface area contributed by atoms with Crippen LogP contribution >= 0.6 is 0 Å². The predicted molar refractivity (Wildman–Crippen MR) is 107 cm³/mol. The van der Waals surface area contributed by atoms with E-state index in [1.165, 1.54) is 6.92 Å². The molecule has 1 aliphatic carbocycles. The maximum Gasteiger partial charge on any atom is 0.302 e. The Labute approximate surface area is 172 Å². The molecule has 1 heterocycles. The zero-order chi connectivity index (χ0) is 20.5. The summed E-state index contributed by atoms with van der Waals surface area (Å²) in [4.78, 5) is 23.9. The number of hydrogen-bond donors (Lipinski definition) is 0. The van der Waals surface area contributed by atoms with Gasteiger partial charge in [0.15, 0.2) is 6.29 Å². The number of ether oxygens (including phenoxy) is 4. The van der Waals surface area contributed by atoms with Gasteiger partial charge in [0, 0.05) is 38.4 Å². The summed E-state index contributed by atoms with van der Waals surface area (Å²) < 4.78 is 22.7. The summed E-state index contributed by atoms with van der Waals surface area (Å²) in [5.74, 6) is -0.220. The highest BCUT2D eigenvalue weighted by Crippen LogP contribution is 2.37. The van der Waals surface area contributed by atoms with Crippen LogP contribution in [0.25, 0.3) is 0 Å². The fourth-order valence-corrected chi connectivity index (χ4v) is 4.20. The molecule has 160 valence electrons. The number of benzene rings is 1. The third-order valence-corrected chi connectivity index (χ3v) is 5.80. The topological polar surface area (TPSA) is 71.1 Å². The van der Waals surface area contributed by atoms with Gasteiger partial charge in [-0.2, -0.15) is 0 Å². The fourth-order valence-electron chi connectivity index (χ4n) is 4.20. The molecule has 0 radical (unpaired) electrons. The first-order chi connectivity index (χ1) is 14.1. The maximum absolute atomic E-state index is 12.7. The van der Waals surface area contributed by atoms with E-state index in [4.69, 9.17) is 18.9 Å². The molecule has 1 aliphatic heterocycles. The van der Waals surface area contributed by atoms with Crippen LogP contribution in [0.2, 0.25) is 0 Å². The molecule has 6 heteroatoms. The summed E-state index contributed by atoms with van der Waals surface area (Å²) >= 11 is 0. The number of ketones is 1. The van der Waals surface area contributed by atoms with Crippen LogP contribution in [0.15, 0.2) is 30.3 Å². The molecule has 2 fully saturated rings.